The van der Waals surface area contributed by atoms with E-state index in [2.05, 4.69) is 10.2 Å². The maximum Gasteiger partial charge on any atom is 0.125 e. The molecule has 2 aromatic rings. The van der Waals surface area contributed by atoms with Crippen molar-refractivity contribution in [3.63, 3.8) is 0 Å². The van der Waals surface area contributed by atoms with E-state index in [1.165, 1.54) is 6.20 Å². The monoisotopic (exact) mass is 245 g/mol. The van der Waals surface area contributed by atoms with Gasteiger partial charge in [0.25, 0.3) is 0 Å². The lowest BCUT2D eigenvalue weighted by Crippen LogP contribution is -2.03. The predicted octanol–water partition coefficient (Wildman–Crippen LogP) is 1.61. The van der Waals surface area contributed by atoms with Gasteiger partial charge >= 0.3 is 0 Å². The number of nitrogens with one attached hydrogen (secondary N) is 1. The zero-order chi connectivity index (χ0) is 12.5. The van der Waals surface area contributed by atoms with Crippen LogP contribution >= 0.6 is 0 Å². The van der Waals surface area contributed by atoms with Gasteiger partial charge in [-0.15, -0.1) is 0 Å². The molecule has 0 spiro atoms. The molecule has 0 radical (unpaired) electrons. The SMILES string of the molecule is Nc1[nH]ncc1C(O)c1cccc(OC2CC2)c1. The van der Waals surface area contributed by atoms with Crippen LogP contribution < -0.4 is 10.5 Å². The van der Waals surface area contributed by atoms with Crippen molar-refractivity contribution in [3.8, 4) is 5.75 Å². The summed E-state index contributed by atoms with van der Waals surface area (Å²) in [6, 6.07) is 7.45. The lowest BCUT2D eigenvalue weighted by molar-refractivity contribution is 0.220. The highest BCUT2D eigenvalue weighted by atomic mass is 16.5. The maximum absolute atomic E-state index is 10.2. The van der Waals surface area contributed by atoms with Crippen LogP contribution in [0.5, 0.6) is 5.75 Å². The van der Waals surface area contributed by atoms with Crippen LogP contribution in [0.2, 0.25) is 0 Å². The summed E-state index contributed by atoms with van der Waals surface area (Å²) in [6.07, 6.45) is 3.32. The zero-order valence-corrected chi connectivity index (χ0v) is 9.84. The van der Waals surface area contributed by atoms with E-state index in [9.17, 15) is 5.11 Å². The third kappa shape index (κ3) is 2.17. The Morgan fingerprint density at radius 2 is 2.28 bits per heavy atom. The van der Waals surface area contributed by atoms with Crippen LogP contribution in [0.1, 0.15) is 30.1 Å². The molecular weight excluding hydrogens is 230 g/mol. The van der Waals surface area contributed by atoms with E-state index in [0.29, 0.717) is 17.5 Å². The van der Waals surface area contributed by atoms with Gasteiger partial charge < -0.3 is 15.6 Å². The number of hydrogen-bond donors (Lipinski definition) is 3. The van der Waals surface area contributed by atoms with Gasteiger partial charge in [-0.25, -0.2) is 0 Å². The number of H-pyrrole nitrogens is 1. The van der Waals surface area contributed by atoms with Crippen molar-refractivity contribution in [2.24, 2.45) is 0 Å². The molecule has 1 heterocycles. The lowest BCUT2D eigenvalue weighted by atomic mass is 10.0. The molecule has 18 heavy (non-hydrogen) atoms. The van der Waals surface area contributed by atoms with E-state index >= 15 is 0 Å². The fourth-order valence-electron chi connectivity index (χ4n) is 1.84. The van der Waals surface area contributed by atoms with Crippen LogP contribution in [0, 0.1) is 0 Å². The van der Waals surface area contributed by atoms with Crippen molar-refractivity contribution in [1.29, 1.82) is 0 Å². The van der Waals surface area contributed by atoms with Crippen LogP contribution in [0.4, 0.5) is 5.82 Å². The molecule has 1 fully saturated rings. The number of rotatable bonds is 4. The molecule has 1 saturated carbocycles. The molecule has 4 N–H and O–H groups in total. The number of aliphatic hydroxyl groups is 1. The number of ether oxygens (including phenoxy) is 1. The zero-order valence-electron chi connectivity index (χ0n) is 9.84. The van der Waals surface area contributed by atoms with Crippen LogP contribution in [0.15, 0.2) is 30.5 Å². The molecule has 5 heteroatoms. The van der Waals surface area contributed by atoms with Gasteiger partial charge in [0.1, 0.15) is 17.7 Å². The van der Waals surface area contributed by atoms with Gasteiger partial charge in [-0.1, -0.05) is 12.1 Å². The van der Waals surface area contributed by atoms with E-state index in [0.717, 1.165) is 24.2 Å². The second kappa shape index (κ2) is 4.34. The fourth-order valence-corrected chi connectivity index (χ4v) is 1.84. The Hall–Kier alpha value is -2.01. The van der Waals surface area contributed by atoms with E-state index in [4.69, 9.17) is 10.5 Å². The van der Waals surface area contributed by atoms with Crippen LogP contribution in [0.3, 0.4) is 0 Å². The Labute approximate surface area is 105 Å². The highest BCUT2D eigenvalue weighted by molar-refractivity contribution is 5.44. The van der Waals surface area contributed by atoms with Crippen molar-refractivity contribution >= 4 is 5.82 Å². The minimum absolute atomic E-state index is 0.344. The summed E-state index contributed by atoms with van der Waals surface area (Å²) in [4.78, 5) is 0. The number of aliphatic hydroxyl groups excluding tert-OH is 1. The molecule has 1 atom stereocenters. The maximum atomic E-state index is 10.2. The minimum Gasteiger partial charge on any atom is -0.490 e. The first kappa shape index (κ1) is 11.1. The Morgan fingerprint density at radius 3 is 2.94 bits per heavy atom. The number of nitrogens with two attached hydrogens (primary N) is 1. The Balaban J connectivity index is 1.84. The van der Waals surface area contributed by atoms with Crippen LogP contribution in [-0.2, 0) is 0 Å². The largest absolute Gasteiger partial charge is 0.490 e. The normalized spacial score (nSPS) is 16.5. The van der Waals surface area contributed by atoms with Crippen LogP contribution in [-0.4, -0.2) is 21.4 Å². The second-order valence-electron chi connectivity index (χ2n) is 4.53. The third-order valence-electron chi connectivity index (χ3n) is 3.00. The van der Waals surface area contributed by atoms with Gasteiger partial charge in [0.2, 0.25) is 0 Å². The molecule has 1 unspecified atom stereocenters. The smallest absolute Gasteiger partial charge is 0.125 e. The molecule has 1 aliphatic carbocycles. The average molecular weight is 245 g/mol. The topological polar surface area (TPSA) is 84.2 Å². The molecule has 0 saturated heterocycles. The molecule has 94 valence electrons. The number of benzene rings is 1. The molecule has 1 aromatic carbocycles. The fraction of sp³-hybridized carbons (Fsp3) is 0.308. The first-order valence-corrected chi connectivity index (χ1v) is 5.97. The molecular formula is C13H15N3O2. The van der Waals surface area contributed by atoms with Gasteiger partial charge in [-0.05, 0) is 30.5 Å². The van der Waals surface area contributed by atoms with Gasteiger partial charge in [0.15, 0.2) is 0 Å². The first-order valence-electron chi connectivity index (χ1n) is 5.97. The average Bonchev–Trinajstić information content (AvgIpc) is 3.08. The summed E-state index contributed by atoms with van der Waals surface area (Å²) in [5, 5.41) is 16.7. The van der Waals surface area contributed by atoms with E-state index in [1.54, 1.807) is 0 Å². The van der Waals surface area contributed by atoms with Gasteiger partial charge in [-0.3, -0.25) is 5.10 Å². The van der Waals surface area contributed by atoms with Crippen molar-refractivity contribution in [2.45, 2.75) is 25.0 Å². The summed E-state index contributed by atoms with van der Waals surface area (Å²) in [7, 11) is 0. The summed E-state index contributed by atoms with van der Waals surface area (Å²) in [5.41, 5.74) is 7.03. The number of hydrogen-bond acceptors (Lipinski definition) is 4. The standard InChI is InChI=1S/C13H15N3O2/c14-13-11(7-15-16-13)12(17)8-2-1-3-10(6-8)18-9-4-5-9/h1-3,6-7,9,12,17H,4-5H2,(H3,14,15,16). The number of nitrogen functional groups attached to an aromatic ring is 1. The summed E-state index contributed by atoms with van der Waals surface area (Å²) < 4.78 is 5.70. The van der Waals surface area contributed by atoms with Crippen molar-refractivity contribution < 1.29 is 9.84 Å². The highest BCUT2D eigenvalue weighted by Crippen LogP contribution is 2.30. The third-order valence-corrected chi connectivity index (χ3v) is 3.00. The Kier molecular flexibility index (Phi) is 2.68. The second-order valence-corrected chi connectivity index (χ2v) is 4.53. The van der Waals surface area contributed by atoms with E-state index < -0.39 is 6.10 Å². The molecule has 1 aliphatic rings. The van der Waals surface area contributed by atoms with E-state index in [-0.39, 0.29) is 0 Å². The summed E-state index contributed by atoms with van der Waals surface area (Å²) in [5.74, 6) is 1.17. The quantitative estimate of drug-likeness (QED) is 0.764. The number of aromatic nitrogens is 2. The first-order chi connectivity index (χ1) is 8.74. The van der Waals surface area contributed by atoms with Crippen molar-refractivity contribution in [2.75, 3.05) is 5.73 Å². The van der Waals surface area contributed by atoms with Gasteiger partial charge in [0, 0.05) is 5.56 Å². The van der Waals surface area contributed by atoms with Crippen molar-refractivity contribution in [3.05, 3.63) is 41.6 Å². The molecule has 0 bridgehead atoms. The number of nitrogens with zero attached hydrogens (tertiary/aromatic N) is 1. The lowest BCUT2D eigenvalue weighted by Gasteiger charge is -2.12. The molecule has 5 nitrogen and oxygen atoms in total. The molecule has 3 rings (SSSR count). The number of aromatic amines is 1. The number of anilines is 1. The molecule has 0 aliphatic heterocycles. The van der Waals surface area contributed by atoms with Crippen molar-refractivity contribution in [1.82, 2.24) is 10.2 Å². The Bertz CT molecular complexity index is 549. The molecule has 1 aromatic heterocycles. The summed E-state index contributed by atoms with van der Waals surface area (Å²) in [6.45, 7) is 0. The molecule has 0 amide bonds. The summed E-state index contributed by atoms with van der Waals surface area (Å²) >= 11 is 0. The van der Waals surface area contributed by atoms with E-state index in [1.807, 2.05) is 24.3 Å². The van der Waals surface area contributed by atoms with Gasteiger partial charge in [0.05, 0.1) is 12.3 Å². The highest BCUT2D eigenvalue weighted by Gasteiger charge is 2.24. The van der Waals surface area contributed by atoms with Gasteiger partial charge in [-0.2, -0.15) is 5.10 Å². The Morgan fingerprint density at radius 1 is 1.44 bits per heavy atom. The van der Waals surface area contributed by atoms with Crippen LogP contribution in [0.25, 0.3) is 0 Å². The predicted molar refractivity (Wildman–Crippen MR) is 67.2 cm³/mol. The minimum atomic E-state index is -0.786.